The highest BCUT2D eigenvalue weighted by Crippen LogP contribution is 2.23. The summed E-state index contributed by atoms with van der Waals surface area (Å²) in [6.45, 7) is 10.7. The molecule has 0 atom stereocenters. The minimum atomic E-state index is -0.716. The third kappa shape index (κ3) is 8.00. The number of hydrogen-bond acceptors (Lipinski definition) is 5. The normalized spacial score (nSPS) is 11.6. The molecule has 1 aromatic carbocycles. The van der Waals surface area contributed by atoms with Crippen LogP contribution in [0.2, 0.25) is 0 Å². The molecule has 1 aromatic rings. The smallest absolute Gasteiger partial charge is 0.428 e. The van der Waals surface area contributed by atoms with Gasteiger partial charge in [-0.25, -0.2) is 4.79 Å². The molecular formula is C18H28O5. The number of ether oxygens (including phenoxy) is 4. The fourth-order valence-corrected chi connectivity index (χ4v) is 1.75. The van der Waals surface area contributed by atoms with E-state index < -0.39 is 18.0 Å². The number of carbonyl (C=O) groups excluding carboxylic acids is 1. The Morgan fingerprint density at radius 2 is 1.52 bits per heavy atom. The van der Waals surface area contributed by atoms with Gasteiger partial charge in [-0.05, 0) is 45.7 Å². The maximum absolute atomic E-state index is 11.6. The van der Waals surface area contributed by atoms with Gasteiger partial charge in [-0.2, -0.15) is 0 Å². The van der Waals surface area contributed by atoms with Crippen molar-refractivity contribution in [3.8, 4) is 5.75 Å². The maximum Gasteiger partial charge on any atom is 0.514 e. The van der Waals surface area contributed by atoms with E-state index in [9.17, 15) is 4.79 Å². The van der Waals surface area contributed by atoms with E-state index >= 15 is 0 Å². The summed E-state index contributed by atoms with van der Waals surface area (Å²) in [7, 11) is 0. The summed E-state index contributed by atoms with van der Waals surface area (Å²) in [5.41, 5.74) is 0.313. The number of carbonyl (C=O) groups is 1. The second kappa shape index (κ2) is 9.53. The first kappa shape index (κ1) is 19.5. The van der Waals surface area contributed by atoms with Crippen LogP contribution in [0.4, 0.5) is 4.79 Å². The minimum Gasteiger partial charge on any atom is -0.428 e. The highest BCUT2D eigenvalue weighted by molar-refractivity contribution is 5.64. The zero-order valence-corrected chi connectivity index (χ0v) is 14.8. The van der Waals surface area contributed by atoms with E-state index in [0.717, 1.165) is 18.4 Å². The molecule has 0 fully saturated rings. The number of benzene rings is 1. The molecule has 0 saturated heterocycles. The summed E-state index contributed by atoms with van der Waals surface area (Å²) in [5, 5.41) is 0. The average Bonchev–Trinajstić information content (AvgIpc) is 2.46. The van der Waals surface area contributed by atoms with Gasteiger partial charge in [0.2, 0.25) is 0 Å². The van der Waals surface area contributed by atoms with Crippen LogP contribution in [0.25, 0.3) is 0 Å². The van der Waals surface area contributed by atoms with Crippen LogP contribution in [-0.4, -0.2) is 25.0 Å². The Morgan fingerprint density at radius 3 is 1.96 bits per heavy atom. The molecule has 0 unspecified atom stereocenters. The van der Waals surface area contributed by atoms with Gasteiger partial charge in [0.15, 0.2) is 6.29 Å². The summed E-state index contributed by atoms with van der Waals surface area (Å²) < 4.78 is 21.7. The third-order valence-corrected chi connectivity index (χ3v) is 2.69. The van der Waals surface area contributed by atoms with E-state index in [1.54, 1.807) is 32.9 Å². The molecule has 0 aliphatic rings. The van der Waals surface area contributed by atoms with E-state index in [-0.39, 0.29) is 0 Å². The first-order valence-corrected chi connectivity index (χ1v) is 8.09. The molecule has 5 heteroatoms. The zero-order valence-electron chi connectivity index (χ0n) is 14.8. The van der Waals surface area contributed by atoms with Gasteiger partial charge in [-0.3, -0.25) is 0 Å². The Bertz CT molecular complexity index is 453. The fourth-order valence-electron chi connectivity index (χ4n) is 1.75. The van der Waals surface area contributed by atoms with Crippen LogP contribution in [0, 0.1) is 0 Å². The standard InChI is InChI=1S/C18H28O5/c1-6-12-20-16(21-13-7-2)14-8-10-15(11-9-14)22-17(19)23-18(3,4)5/h8-11,16H,6-7,12-13H2,1-5H3. The second-order valence-electron chi connectivity index (χ2n) is 6.21. The summed E-state index contributed by atoms with van der Waals surface area (Å²) in [6, 6.07) is 7.07. The molecular weight excluding hydrogens is 296 g/mol. The molecule has 0 bridgehead atoms. The first-order chi connectivity index (χ1) is 10.9. The lowest BCUT2D eigenvalue weighted by Crippen LogP contribution is -2.25. The third-order valence-electron chi connectivity index (χ3n) is 2.69. The Morgan fingerprint density at radius 1 is 1.00 bits per heavy atom. The summed E-state index contributed by atoms with van der Waals surface area (Å²) >= 11 is 0. The van der Waals surface area contributed by atoms with Crippen LogP contribution >= 0.6 is 0 Å². The molecule has 1 rings (SSSR count). The van der Waals surface area contributed by atoms with E-state index in [1.807, 2.05) is 12.1 Å². The molecule has 0 N–H and O–H groups in total. The van der Waals surface area contributed by atoms with Crippen molar-refractivity contribution in [3.63, 3.8) is 0 Å². The van der Waals surface area contributed by atoms with Gasteiger partial charge in [0.05, 0.1) is 0 Å². The molecule has 0 amide bonds. The Kier molecular flexibility index (Phi) is 8.06. The lowest BCUT2D eigenvalue weighted by molar-refractivity contribution is -0.146. The van der Waals surface area contributed by atoms with Crippen molar-refractivity contribution in [1.29, 1.82) is 0 Å². The highest BCUT2D eigenvalue weighted by Gasteiger charge is 2.18. The largest absolute Gasteiger partial charge is 0.514 e. The zero-order chi connectivity index (χ0) is 17.3. The molecule has 0 aromatic heterocycles. The van der Waals surface area contributed by atoms with Crippen molar-refractivity contribution >= 4 is 6.16 Å². The van der Waals surface area contributed by atoms with Crippen LogP contribution in [0.15, 0.2) is 24.3 Å². The van der Waals surface area contributed by atoms with E-state index in [2.05, 4.69) is 13.8 Å². The molecule has 5 nitrogen and oxygen atoms in total. The summed E-state index contributed by atoms with van der Waals surface area (Å²) in [6.07, 6.45) is 0.731. The van der Waals surface area contributed by atoms with Crippen LogP contribution in [0.1, 0.15) is 59.3 Å². The molecule has 23 heavy (non-hydrogen) atoms. The minimum absolute atomic E-state index is 0.398. The van der Waals surface area contributed by atoms with Gasteiger partial charge in [0, 0.05) is 18.8 Å². The second-order valence-corrected chi connectivity index (χ2v) is 6.21. The van der Waals surface area contributed by atoms with E-state index in [0.29, 0.717) is 19.0 Å². The van der Waals surface area contributed by atoms with Gasteiger partial charge >= 0.3 is 6.16 Å². The highest BCUT2D eigenvalue weighted by atomic mass is 16.7. The topological polar surface area (TPSA) is 54.0 Å². The van der Waals surface area contributed by atoms with Crippen molar-refractivity contribution in [1.82, 2.24) is 0 Å². The Hall–Kier alpha value is -1.59. The molecule has 0 heterocycles. The van der Waals surface area contributed by atoms with Crippen LogP contribution < -0.4 is 4.74 Å². The summed E-state index contributed by atoms with van der Waals surface area (Å²) in [5.74, 6) is 0.424. The maximum atomic E-state index is 11.6. The van der Waals surface area contributed by atoms with Crippen LogP contribution in [0.3, 0.4) is 0 Å². The molecule has 0 radical (unpaired) electrons. The molecule has 0 aliphatic heterocycles. The first-order valence-electron chi connectivity index (χ1n) is 8.09. The number of hydrogen-bond donors (Lipinski definition) is 0. The Labute approximate surface area is 138 Å². The van der Waals surface area contributed by atoms with Gasteiger partial charge in [0.25, 0.3) is 0 Å². The monoisotopic (exact) mass is 324 g/mol. The van der Waals surface area contributed by atoms with Crippen molar-refractivity contribution in [2.24, 2.45) is 0 Å². The quantitative estimate of drug-likeness (QED) is 0.388. The van der Waals surface area contributed by atoms with Gasteiger partial charge in [-0.1, -0.05) is 26.0 Å². The van der Waals surface area contributed by atoms with Crippen molar-refractivity contribution in [3.05, 3.63) is 29.8 Å². The summed E-state index contributed by atoms with van der Waals surface area (Å²) in [4.78, 5) is 11.6. The predicted molar refractivity (Wildman–Crippen MR) is 88.5 cm³/mol. The lowest BCUT2D eigenvalue weighted by Gasteiger charge is -2.20. The molecule has 130 valence electrons. The lowest BCUT2D eigenvalue weighted by atomic mass is 10.2. The van der Waals surface area contributed by atoms with Crippen molar-refractivity contribution in [2.75, 3.05) is 13.2 Å². The molecule has 0 spiro atoms. The van der Waals surface area contributed by atoms with Gasteiger partial charge < -0.3 is 18.9 Å². The van der Waals surface area contributed by atoms with Crippen LogP contribution in [-0.2, 0) is 14.2 Å². The van der Waals surface area contributed by atoms with E-state index in [1.165, 1.54) is 0 Å². The Balaban J connectivity index is 2.66. The van der Waals surface area contributed by atoms with Crippen molar-refractivity contribution < 1.29 is 23.7 Å². The van der Waals surface area contributed by atoms with Crippen LogP contribution in [0.5, 0.6) is 5.75 Å². The predicted octanol–water partition coefficient (Wildman–Crippen LogP) is 4.85. The average molecular weight is 324 g/mol. The molecule has 0 saturated carbocycles. The van der Waals surface area contributed by atoms with Gasteiger partial charge in [-0.15, -0.1) is 0 Å². The van der Waals surface area contributed by atoms with Crippen molar-refractivity contribution in [2.45, 2.75) is 59.4 Å². The SMILES string of the molecule is CCCOC(OCCC)c1ccc(OC(=O)OC(C)(C)C)cc1. The fraction of sp³-hybridized carbons (Fsp3) is 0.611. The number of rotatable bonds is 8. The van der Waals surface area contributed by atoms with Gasteiger partial charge in [0.1, 0.15) is 11.4 Å². The van der Waals surface area contributed by atoms with E-state index in [4.69, 9.17) is 18.9 Å². The molecule has 0 aliphatic carbocycles.